The molecule has 5 nitrogen and oxygen atoms in total. The number of carbonyl (C=O) groups is 1. The van der Waals surface area contributed by atoms with Crippen molar-refractivity contribution >= 4 is 23.1 Å². The van der Waals surface area contributed by atoms with Gasteiger partial charge in [0.1, 0.15) is 23.0 Å². The lowest BCUT2D eigenvalue weighted by molar-refractivity contribution is -0.114. The Hall–Kier alpha value is -2.89. The monoisotopic (exact) mass is 284 g/mol. The molecule has 0 radical (unpaired) electrons. The lowest BCUT2D eigenvalue weighted by Crippen LogP contribution is -2.05. The number of hydrogen-bond donors (Lipinski definition) is 2. The molecule has 0 atom stereocenters. The third kappa shape index (κ3) is 2.43. The van der Waals surface area contributed by atoms with Gasteiger partial charge < -0.3 is 11.1 Å². The number of rotatable bonds is 2. The Morgan fingerprint density at radius 2 is 1.95 bits per heavy atom. The normalized spacial score (nSPS) is 10.8. The van der Waals surface area contributed by atoms with E-state index in [0.29, 0.717) is 22.8 Å². The number of hydrogen-bond acceptors (Lipinski definition) is 3. The molecule has 0 bridgehead atoms. The molecular formula is C15H13FN4O. The van der Waals surface area contributed by atoms with Crippen LogP contribution in [0.25, 0.3) is 16.9 Å². The second-order valence-corrected chi connectivity index (χ2v) is 4.68. The first-order chi connectivity index (χ1) is 10.0. The summed E-state index contributed by atoms with van der Waals surface area (Å²) >= 11 is 0. The Morgan fingerprint density at radius 1 is 1.24 bits per heavy atom. The average Bonchev–Trinajstić information content (AvgIpc) is 2.76. The molecule has 2 aromatic heterocycles. The van der Waals surface area contributed by atoms with Crippen molar-refractivity contribution in [3.05, 3.63) is 48.4 Å². The van der Waals surface area contributed by atoms with Crippen molar-refractivity contribution in [3.8, 4) is 11.3 Å². The highest BCUT2D eigenvalue weighted by atomic mass is 19.1. The number of nitrogens with zero attached hydrogens (tertiary/aromatic N) is 2. The molecule has 21 heavy (non-hydrogen) atoms. The van der Waals surface area contributed by atoms with Gasteiger partial charge in [-0.15, -0.1) is 0 Å². The number of pyridine rings is 1. The molecule has 0 saturated carbocycles. The molecule has 3 N–H and O–H groups in total. The zero-order valence-electron chi connectivity index (χ0n) is 11.3. The zero-order chi connectivity index (χ0) is 15.0. The molecular weight excluding hydrogens is 271 g/mol. The molecule has 3 rings (SSSR count). The van der Waals surface area contributed by atoms with Gasteiger partial charge in [-0.3, -0.25) is 9.20 Å². The molecule has 0 saturated heterocycles. The van der Waals surface area contributed by atoms with Gasteiger partial charge in [0, 0.05) is 24.4 Å². The number of anilines is 2. The maximum Gasteiger partial charge on any atom is 0.221 e. The maximum atomic E-state index is 13.3. The molecule has 1 amide bonds. The maximum absolute atomic E-state index is 13.3. The van der Waals surface area contributed by atoms with Gasteiger partial charge >= 0.3 is 0 Å². The second-order valence-electron chi connectivity index (χ2n) is 4.68. The number of halogens is 1. The molecule has 0 unspecified atom stereocenters. The van der Waals surface area contributed by atoms with Gasteiger partial charge in [-0.1, -0.05) is 12.1 Å². The van der Waals surface area contributed by atoms with Crippen LogP contribution < -0.4 is 11.1 Å². The minimum Gasteiger partial charge on any atom is -0.383 e. The summed E-state index contributed by atoms with van der Waals surface area (Å²) in [4.78, 5) is 15.4. The van der Waals surface area contributed by atoms with E-state index in [0.717, 1.165) is 5.56 Å². The summed E-state index contributed by atoms with van der Waals surface area (Å²) in [7, 11) is 0. The third-order valence-corrected chi connectivity index (χ3v) is 3.10. The highest BCUT2D eigenvalue weighted by molar-refractivity contribution is 5.89. The lowest BCUT2D eigenvalue weighted by atomic mass is 10.1. The molecule has 0 aliphatic heterocycles. The summed E-state index contributed by atoms with van der Waals surface area (Å²) in [6.45, 7) is 1.45. The predicted molar refractivity (Wildman–Crippen MR) is 79.3 cm³/mol. The number of nitrogens with one attached hydrogen (secondary N) is 1. The number of carbonyl (C=O) groups excluding carboxylic acids is 1. The van der Waals surface area contributed by atoms with Crippen molar-refractivity contribution in [2.24, 2.45) is 0 Å². The van der Waals surface area contributed by atoms with Crippen LogP contribution in [-0.2, 0) is 4.79 Å². The van der Waals surface area contributed by atoms with Gasteiger partial charge in [-0.25, -0.2) is 9.37 Å². The number of nitrogens with two attached hydrogens (primary N) is 1. The van der Waals surface area contributed by atoms with Crippen LogP contribution in [0.5, 0.6) is 0 Å². The SMILES string of the molecule is CC(=O)Nc1ccc(-c2nc3ccc(F)cn3c2N)cc1. The van der Waals surface area contributed by atoms with Gasteiger partial charge in [-0.05, 0) is 24.3 Å². The Kier molecular flexibility index (Phi) is 3.06. The van der Waals surface area contributed by atoms with E-state index in [1.165, 1.54) is 23.6 Å². The summed E-state index contributed by atoms with van der Waals surface area (Å²) in [6.07, 6.45) is 1.30. The summed E-state index contributed by atoms with van der Waals surface area (Å²) in [5, 5.41) is 2.69. The minimum atomic E-state index is -0.376. The van der Waals surface area contributed by atoms with Crippen LogP contribution in [0.3, 0.4) is 0 Å². The highest BCUT2D eigenvalue weighted by Gasteiger charge is 2.11. The van der Waals surface area contributed by atoms with Crippen molar-refractivity contribution in [1.29, 1.82) is 0 Å². The van der Waals surface area contributed by atoms with E-state index in [4.69, 9.17) is 5.73 Å². The molecule has 0 fully saturated rings. The Labute approximate surface area is 120 Å². The van der Waals surface area contributed by atoms with Crippen LogP contribution in [0.1, 0.15) is 6.92 Å². The van der Waals surface area contributed by atoms with Crippen LogP contribution in [0.15, 0.2) is 42.6 Å². The van der Waals surface area contributed by atoms with Gasteiger partial charge in [0.25, 0.3) is 0 Å². The summed E-state index contributed by atoms with van der Waals surface area (Å²) < 4.78 is 14.8. The van der Waals surface area contributed by atoms with Crippen LogP contribution in [-0.4, -0.2) is 15.3 Å². The number of amides is 1. The highest BCUT2D eigenvalue weighted by Crippen LogP contribution is 2.27. The molecule has 106 valence electrons. The molecule has 6 heteroatoms. The third-order valence-electron chi connectivity index (χ3n) is 3.10. The number of fused-ring (bicyclic) bond motifs is 1. The van der Waals surface area contributed by atoms with Gasteiger partial charge in [0.05, 0.1) is 0 Å². The van der Waals surface area contributed by atoms with Crippen molar-refractivity contribution < 1.29 is 9.18 Å². The molecule has 0 aliphatic rings. The number of benzene rings is 1. The van der Waals surface area contributed by atoms with Crippen molar-refractivity contribution in [3.63, 3.8) is 0 Å². The first kappa shape index (κ1) is 13.1. The van der Waals surface area contributed by atoms with Crippen LogP contribution in [0.4, 0.5) is 15.9 Å². The summed E-state index contributed by atoms with van der Waals surface area (Å²) in [5.74, 6) is -0.138. The van der Waals surface area contributed by atoms with E-state index in [-0.39, 0.29) is 11.7 Å². The fourth-order valence-corrected chi connectivity index (χ4v) is 2.16. The summed E-state index contributed by atoms with van der Waals surface area (Å²) in [5.41, 5.74) is 8.67. The molecule has 3 aromatic rings. The average molecular weight is 284 g/mol. The lowest BCUT2D eigenvalue weighted by Gasteiger charge is -2.03. The van der Waals surface area contributed by atoms with E-state index in [1.54, 1.807) is 30.3 Å². The largest absolute Gasteiger partial charge is 0.383 e. The molecule has 0 aliphatic carbocycles. The quantitative estimate of drug-likeness (QED) is 0.760. The Morgan fingerprint density at radius 3 is 2.62 bits per heavy atom. The van der Waals surface area contributed by atoms with Crippen LogP contribution in [0.2, 0.25) is 0 Å². The van der Waals surface area contributed by atoms with E-state index in [1.807, 2.05) is 0 Å². The van der Waals surface area contributed by atoms with E-state index < -0.39 is 0 Å². The molecule has 1 aromatic carbocycles. The number of nitrogen functional groups attached to an aromatic ring is 1. The van der Waals surface area contributed by atoms with Gasteiger partial charge in [0.2, 0.25) is 5.91 Å². The molecule has 0 spiro atoms. The topological polar surface area (TPSA) is 72.4 Å². The fourth-order valence-electron chi connectivity index (χ4n) is 2.16. The number of imidazole rings is 1. The van der Waals surface area contributed by atoms with Crippen molar-refractivity contribution in [2.45, 2.75) is 6.92 Å². The second kappa shape index (κ2) is 4.90. The van der Waals surface area contributed by atoms with Crippen molar-refractivity contribution in [1.82, 2.24) is 9.38 Å². The predicted octanol–water partition coefficient (Wildman–Crippen LogP) is 2.68. The minimum absolute atomic E-state index is 0.134. The van der Waals surface area contributed by atoms with Gasteiger partial charge in [0.15, 0.2) is 0 Å². The summed E-state index contributed by atoms with van der Waals surface area (Å²) in [6, 6.07) is 10.0. The van der Waals surface area contributed by atoms with Crippen LogP contribution >= 0.6 is 0 Å². The zero-order valence-corrected chi connectivity index (χ0v) is 11.3. The standard InChI is InChI=1S/C15H13FN4O/c1-9(21)18-12-5-2-10(3-6-12)14-15(17)20-8-11(16)4-7-13(20)19-14/h2-8H,17H2,1H3,(H,18,21). The van der Waals surface area contributed by atoms with Crippen molar-refractivity contribution in [2.75, 3.05) is 11.1 Å². The van der Waals surface area contributed by atoms with E-state index in [2.05, 4.69) is 10.3 Å². The first-order valence-corrected chi connectivity index (χ1v) is 6.36. The van der Waals surface area contributed by atoms with E-state index in [9.17, 15) is 9.18 Å². The smallest absolute Gasteiger partial charge is 0.221 e. The van der Waals surface area contributed by atoms with Crippen LogP contribution in [0, 0.1) is 5.82 Å². The first-order valence-electron chi connectivity index (χ1n) is 6.36. The van der Waals surface area contributed by atoms with E-state index >= 15 is 0 Å². The Balaban J connectivity index is 2.04. The fraction of sp³-hybridized carbons (Fsp3) is 0.0667. The molecule has 2 heterocycles. The van der Waals surface area contributed by atoms with Gasteiger partial charge in [-0.2, -0.15) is 0 Å². The Bertz CT molecular complexity index is 824. The number of aromatic nitrogens is 2.